The second-order valence-electron chi connectivity index (χ2n) is 3.57. The molecule has 0 radical (unpaired) electrons. The topological polar surface area (TPSA) is 52.6 Å². The van der Waals surface area contributed by atoms with Crippen LogP contribution < -0.4 is 8.37 Å². The van der Waals surface area contributed by atoms with Crippen molar-refractivity contribution in [1.82, 2.24) is 0 Å². The molecular weight excluding hydrogens is 240 g/mol. The third kappa shape index (κ3) is 1.74. The highest BCUT2D eigenvalue weighted by atomic mass is 32.3. The molecule has 0 fully saturated rings. The number of fused-ring (bicyclic) bond motifs is 3. The van der Waals surface area contributed by atoms with Crippen molar-refractivity contribution in [1.29, 1.82) is 0 Å². The van der Waals surface area contributed by atoms with Crippen LogP contribution in [0.25, 0.3) is 11.1 Å². The zero-order chi connectivity index (χ0) is 11.9. The Bertz CT molecular complexity index is 623. The molecule has 0 bridgehead atoms. The molecule has 0 spiro atoms. The van der Waals surface area contributed by atoms with Crippen LogP contribution in [0.5, 0.6) is 11.5 Å². The molecule has 2 aromatic rings. The monoisotopic (exact) mass is 248 g/mol. The molecule has 1 aliphatic rings. The molecule has 0 atom stereocenters. The van der Waals surface area contributed by atoms with E-state index in [4.69, 9.17) is 8.37 Å². The largest absolute Gasteiger partial charge is 0.501 e. The van der Waals surface area contributed by atoms with Gasteiger partial charge in [-0.2, -0.15) is 0 Å². The zero-order valence-electron chi connectivity index (χ0n) is 8.66. The summed E-state index contributed by atoms with van der Waals surface area (Å²) in [5.41, 5.74) is 1.40. The zero-order valence-corrected chi connectivity index (χ0v) is 9.48. The quantitative estimate of drug-likeness (QED) is 0.718. The molecule has 0 aliphatic carbocycles. The van der Waals surface area contributed by atoms with Gasteiger partial charge in [0, 0.05) is 11.1 Å². The van der Waals surface area contributed by atoms with E-state index in [9.17, 15) is 8.42 Å². The predicted octanol–water partition coefficient (Wildman–Crippen LogP) is 2.37. The molecule has 0 N–H and O–H groups in total. The van der Waals surface area contributed by atoms with Gasteiger partial charge >= 0.3 is 10.4 Å². The number of rotatable bonds is 0. The standard InChI is InChI=1S/C12H8O4S/c13-17(14)15-11-7-3-1-5-9(11)10-6-2-4-8-12(10)16-17/h1-8H. The first kappa shape index (κ1) is 10.2. The second-order valence-corrected chi connectivity index (χ2v) is 4.72. The van der Waals surface area contributed by atoms with Crippen LogP contribution in [0.3, 0.4) is 0 Å². The molecule has 0 aromatic heterocycles. The Morgan fingerprint density at radius 3 is 1.59 bits per heavy atom. The van der Waals surface area contributed by atoms with E-state index in [0.29, 0.717) is 11.1 Å². The molecule has 0 saturated carbocycles. The van der Waals surface area contributed by atoms with Crippen molar-refractivity contribution < 1.29 is 16.8 Å². The second kappa shape index (κ2) is 3.49. The van der Waals surface area contributed by atoms with Gasteiger partial charge in [0.25, 0.3) is 0 Å². The lowest BCUT2D eigenvalue weighted by molar-refractivity contribution is 0.397. The van der Waals surface area contributed by atoms with Crippen molar-refractivity contribution in [2.24, 2.45) is 0 Å². The van der Waals surface area contributed by atoms with Crippen molar-refractivity contribution in [3.63, 3.8) is 0 Å². The maximum absolute atomic E-state index is 11.6. The number of hydrogen-bond donors (Lipinski definition) is 0. The van der Waals surface area contributed by atoms with Gasteiger partial charge < -0.3 is 8.37 Å². The Morgan fingerprint density at radius 2 is 1.12 bits per heavy atom. The minimum absolute atomic E-state index is 0.275. The first-order valence-electron chi connectivity index (χ1n) is 4.98. The van der Waals surface area contributed by atoms with E-state index in [0.717, 1.165) is 0 Å². The summed E-state index contributed by atoms with van der Waals surface area (Å²) in [5, 5.41) is 0. The van der Waals surface area contributed by atoms with Gasteiger partial charge in [0.15, 0.2) is 11.5 Å². The number of hydrogen-bond acceptors (Lipinski definition) is 4. The molecule has 1 heterocycles. The first-order valence-corrected chi connectivity index (χ1v) is 6.31. The van der Waals surface area contributed by atoms with Gasteiger partial charge in [0.2, 0.25) is 0 Å². The molecule has 17 heavy (non-hydrogen) atoms. The molecule has 0 amide bonds. The van der Waals surface area contributed by atoms with E-state index in [1.165, 1.54) is 0 Å². The average Bonchev–Trinajstić information content (AvgIpc) is 2.40. The van der Waals surface area contributed by atoms with Crippen LogP contribution >= 0.6 is 0 Å². The third-order valence-corrected chi connectivity index (χ3v) is 3.22. The summed E-state index contributed by atoms with van der Waals surface area (Å²) >= 11 is 0. The van der Waals surface area contributed by atoms with E-state index in [2.05, 4.69) is 0 Å². The Balaban J connectivity index is 2.36. The Labute approximate surface area is 98.8 Å². The summed E-state index contributed by atoms with van der Waals surface area (Å²) in [6.07, 6.45) is 0. The van der Waals surface area contributed by atoms with E-state index in [1.54, 1.807) is 36.4 Å². The highest BCUT2D eigenvalue weighted by molar-refractivity contribution is 7.82. The third-order valence-electron chi connectivity index (χ3n) is 2.45. The van der Waals surface area contributed by atoms with Crippen molar-refractivity contribution in [2.45, 2.75) is 0 Å². The van der Waals surface area contributed by atoms with E-state index in [1.807, 2.05) is 12.1 Å². The van der Waals surface area contributed by atoms with Gasteiger partial charge in [0.05, 0.1) is 0 Å². The first-order chi connectivity index (χ1) is 8.16. The van der Waals surface area contributed by atoms with Crippen LogP contribution in [-0.2, 0) is 10.4 Å². The van der Waals surface area contributed by atoms with Gasteiger partial charge in [-0.05, 0) is 12.1 Å². The normalized spacial score (nSPS) is 15.8. The average molecular weight is 248 g/mol. The fraction of sp³-hybridized carbons (Fsp3) is 0. The van der Waals surface area contributed by atoms with E-state index >= 15 is 0 Å². The summed E-state index contributed by atoms with van der Waals surface area (Å²) < 4.78 is 32.9. The van der Waals surface area contributed by atoms with Gasteiger partial charge in [-0.15, -0.1) is 8.42 Å². The molecule has 2 aromatic carbocycles. The van der Waals surface area contributed by atoms with Crippen LogP contribution in [0.15, 0.2) is 48.5 Å². The van der Waals surface area contributed by atoms with Gasteiger partial charge in [-0.3, -0.25) is 0 Å². The Kier molecular flexibility index (Phi) is 2.09. The van der Waals surface area contributed by atoms with Crippen LogP contribution in [0.1, 0.15) is 0 Å². The van der Waals surface area contributed by atoms with E-state index in [-0.39, 0.29) is 11.5 Å². The van der Waals surface area contributed by atoms with Crippen molar-refractivity contribution in [3.05, 3.63) is 48.5 Å². The van der Waals surface area contributed by atoms with Crippen molar-refractivity contribution >= 4 is 10.4 Å². The van der Waals surface area contributed by atoms with Crippen LogP contribution in [0, 0.1) is 0 Å². The van der Waals surface area contributed by atoms with Crippen LogP contribution in [0.4, 0.5) is 0 Å². The van der Waals surface area contributed by atoms with Crippen molar-refractivity contribution in [2.75, 3.05) is 0 Å². The number of para-hydroxylation sites is 2. The Morgan fingerprint density at radius 1 is 0.706 bits per heavy atom. The van der Waals surface area contributed by atoms with Crippen LogP contribution in [-0.4, -0.2) is 8.42 Å². The number of benzene rings is 2. The SMILES string of the molecule is O=S1(=O)Oc2ccccc2-c2ccccc2O1. The maximum Gasteiger partial charge on any atom is 0.501 e. The molecule has 0 unspecified atom stereocenters. The van der Waals surface area contributed by atoms with Gasteiger partial charge in [-0.25, -0.2) is 0 Å². The smallest absolute Gasteiger partial charge is 0.352 e. The molecule has 1 aliphatic heterocycles. The lowest BCUT2D eigenvalue weighted by Crippen LogP contribution is -2.14. The summed E-state index contributed by atoms with van der Waals surface area (Å²) in [5.74, 6) is 0.551. The van der Waals surface area contributed by atoms with Crippen molar-refractivity contribution in [3.8, 4) is 22.6 Å². The summed E-state index contributed by atoms with van der Waals surface area (Å²) in [6, 6.07) is 13.8. The lowest BCUT2D eigenvalue weighted by atomic mass is 10.0. The minimum Gasteiger partial charge on any atom is -0.352 e. The van der Waals surface area contributed by atoms with E-state index < -0.39 is 10.4 Å². The predicted molar refractivity (Wildman–Crippen MR) is 62.1 cm³/mol. The fourth-order valence-corrected chi connectivity index (χ4v) is 2.53. The summed E-state index contributed by atoms with van der Waals surface area (Å²) in [7, 11) is -4.05. The molecule has 0 saturated heterocycles. The summed E-state index contributed by atoms with van der Waals surface area (Å²) in [4.78, 5) is 0. The minimum atomic E-state index is -4.05. The van der Waals surface area contributed by atoms with Gasteiger partial charge in [0.1, 0.15) is 0 Å². The molecule has 4 nitrogen and oxygen atoms in total. The molecule has 3 rings (SSSR count). The molecule has 86 valence electrons. The highest BCUT2D eigenvalue weighted by Gasteiger charge is 2.25. The fourth-order valence-electron chi connectivity index (χ4n) is 1.76. The summed E-state index contributed by atoms with van der Waals surface area (Å²) in [6.45, 7) is 0. The van der Waals surface area contributed by atoms with Crippen LogP contribution in [0.2, 0.25) is 0 Å². The van der Waals surface area contributed by atoms with Gasteiger partial charge in [-0.1, -0.05) is 36.4 Å². The highest BCUT2D eigenvalue weighted by Crippen LogP contribution is 2.39. The lowest BCUT2D eigenvalue weighted by Gasteiger charge is -2.03. The maximum atomic E-state index is 11.6. The molecule has 5 heteroatoms. The Hall–Kier alpha value is -2.01. The molecular formula is C12H8O4S.